The predicted molar refractivity (Wildman–Crippen MR) is 72.6 cm³/mol. The molecule has 2 aromatic heterocycles. The first-order valence-electron chi connectivity index (χ1n) is 5.91. The number of nitrogens with two attached hydrogens (primary N) is 1. The molecule has 0 spiro atoms. The van der Waals surface area contributed by atoms with Gasteiger partial charge < -0.3 is 10.7 Å². The number of anilines is 2. The van der Waals surface area contributed by atoms with Crippen molar-refractivity contribution in [2.24, 2.45) is 12.9 Å². The van der Waals surface area contributed by atoms with E-state index in [1.165, 1.54) is 0 Å². The number of aromatic nitrogens is 3. The Morgan fingerprint density at radius 3 is 2.79 bits per heavy atom. The minimum absolute atomic E-state index is 0.243. The van der Waals surface area contributed by atoms with Crippen LogP contribution in [0.5, 0.6) is 0 Å². The van der Waals surface area contributed by atoms with Crippen molar-refractivity contribution >= 4 is 17.5 Å². The Balaban J connectivity index is 2.22. The highest BCUT2D eigenvalue weighted by atomic mass is 16.1. The molecule has 0 saturated carbocycles. The molecule has 19 heavy (non-hydrogen) atoms. The lowest BCUT2D eigenvalue weighted by atomic mass is 10.2. The molecule has 0 fully saturated rings. The maximum absolute atomic E-state index is 12.1. The monoisotopic (exact) mass is 260 g/mol. The largest absolute Gasteiger partial charge is 0.308 e. The Kier molecular flexibility index (Phi) is 3.76. The lowest BCUT2D eigenvalue weighted by molar-refractivity contribution is 0.102. The van der Waals surface area contributed by atoms with Gasteiger partial charge in [0.25, 0.3) is 5.91 Å². The van der Waals surface area contributed by atoms with Crippen LogP contribution in [0.1, 0.15) is 23.0 Å². The molecule has 7 nitrogen and oxygen atoms in total. The van der Waals surface area contributed by atoms with Gasteiger partial charge in [-0.15, -0.1) is 0 Å². The smallest absolute Gasteiger partial charge is 0.257 e. The molecule has 4 N–H and O–H groups in total. The third-order valence-corrected chi connectivity index (χ3v) is 2.61. The fourth-order valence-electron chi connectivity index (χ4n) is 1.64. The molecule has 0 aliphatic carbocycles. The van der Waals surface area contributed by atoms with Crippen molar-refractivity contribution in [3.05, 3.63) is 35.7 Å². The van der Waals surface area contributed by atoms with Crippen LogP contribution in [-0.2, 0) is 13.5 Å². The summed E-state index contributed by atoms with van der Waals surface area (Å²) < 4.78 is 1.62. The van der Waals surface area contributed by atoms with Crippen LogP contribution >= 0.6 is 0 Å². The van der Waals surface area contributed by atoms with Gasteiger partial charge in [-0.1, -0.05) is 6.92 Å². The van der Waals surface area contributed by atoms with Crippen molar-refractivity contribution in [1.29, 1.82) is 0 Å². The highest BCUT2D eigenvalue weighted by molar-refractivity contribution is 6.04. The van der Waals surface area contributed by atoms with E-state index in [1.807, 2.05) is 6.92 Å². The molecule has 2 aromatic rings. The molecule has 0 aliphatic rings. The third kappa shape index (κ3) is 3.08. The lowest BCUT2D eigenvalue weighted by Gasteiger charge is -2.07. The maximum Gasteiger partial charge on any atom is 0.257 e. The van der Waals surface area contributed by atoms with Gasteiger partial charge in [-0.05, 0) is 18.6 Å². The zero-order valence-corrected chi connectivity index (χ0v) is 10.8. The highest BCUT2D eigenvalue weighted by Crippen LogP contribution is 2.12. The average Bonchev–Trinajstić information content (AvgIpc) is 2.83. The first-order valence-corrected chi connectivity index (χ1v) is 5.91. The van der Waals surface area contributed by atoms with E-state index in [-0.39, 0.29) is 5.91 Å². The van der Waals surface area contributed by atoms with E-state index < -0.39 is 0 Å². The number of nitrogen functional groups attached to an aromatic ring is 1. The van der Waals surface area contributed by atoms with Crippen LogP contribution < -0.4 is 16.6 Å². The van der Waals surface area contributed by atoms with Gasteiger partial charge in [0, 0.05) is 30.6 Å². The summed E-state index contributed by atoms with van der Waals surface area (Å²) in [6.45, 7) is 1.96. The van der Waals surface area contributed by atoms with E-state index in [0.717, 1.165) is 12.1 Å². The second-order valence-electron chi connectivity index (χ2n) is 4.06. The number of carbonyl (C=O) groups excluding carboxylic acids is 1. The number of nitrogens with zero attached hydrogens (tertiary/aromatic N) is 3. The zero-order valence-electron chi connectivity index (χ0n) is 10.8. The number of amides is 1. The van der Waals surface area contributed by atoms with Gasteiger partial charge >= 0.3 is 0 Å². The number of hydrogen-bond donors (Lipinski definition) is 3. The van der Waals surface area contributed by atoms with E-state index in [0.29, 0.717) is 17.2 Å². The average molecular weight is 260 g/mol. The van der Waals surface area contributed by atoms with Crippen molar-refractivity contribution in [2.75, 3.05) is 10.7 Å². The minimum atomic E-state index is -0.243. The first-order chi connectivity index (χ1) is 9.12. The Morgan fingerprint density at radius 1 is 1.42 bits per heavy atom. The second-order valence-corrected chi connectivity index (χ2v) is 4.06. The van der Waals surface area contributed by atoms with E-state index >= 15 is 0 Å². The molecule has 100 valence electrons. The maximum atomic E-state index is 12.1. The SMILES string of the molecule is CCc1cc(C(=O)Nc2ccn(C)n2)cc(NN)n1. The molecule has 7 heteroatoms. The molecule has 0 saturated heterocycles. The quantitative estimate of drug-likeness (QED) is 0.561. The summed E-state index contributed by atoms with van der Waals surface area (Å²) in [5, 5.41) is 6.80. The van der Waals surface area contributed by atoms with Crippen molar-refractivity contribution in [3.63, 3.8) is 0 Å². The molecule has 2 rings (SSSR count). The fourth-order valence-corrected chi connectivity index (χ4v) is 1.64. The van der Waals surface area contributed by atoms with E-state index in [4.69, 9.17) is 5.84 Å². The number of hydrogen-bond acceptors (Lipinski definition) is 5. The normalized spacial score (nSPS) is 10.3. The van der Waals surface area contributed by atoms with E-state index in [9.17, 15) is 4.79 Å². The standard InChI is InChI=1S/C12H16N6O/c1-3-9-6-8(7-11(14-9)16-13)12(19)15-10-4-5-18(2)17-10/h4-7H,3,13H2,1-2H3,(H,14,16)(H,15,17,19). The van der Waals surface area contributed by atoms with Crippen molar-refractivity contribution in [3.8, 4) is 0 Å². The number of aryl methyl sites for hydroxylation is 2. The third-order valence-electron chi connectivity index (χ3n) is 2.61. The number of carbonyl (C=O) groups is 1. The summed E-state index contributed by atoms with van der Waals surface area (Å²) in [6.07, 6.45) is 2.48. The van der Waals surface area contributed by atoms with Gasteiger partial charge in [0.2, 0.25) is 0 Å². The molecule has 0 unspecified atom stereocenters. The molecular formula is C12H16N6O. The number of hydrazine groups is 1. The van der Waals surface area contributed by atoms with Gasteiger partial charge in [0.05, 0.1) is 0 Å². The van der Waals surface area contributed by atoms with Crippen LogP contribution in [0.2, 0.25) is 0 Å². The van der Waals surface area contributed by atoms with E-state index in [1.54, 1.807) is 36.1 Å². The summed E-state index contributed by atoms with van der Waals surface area (Å²) in [7, 11) is 1.79. The van der Waals surface area contributed by atoms with Gasteiger partial charge in [-0.3, -0.25) is 9.48 Å². The first kappa shape index (κ1) is 13.0. The van der Waals surface area contributed by atoms with Crippen LogP contribution in [0, 0.1) is 0 Å². The van der Waals surface area contributed by atoms with Gasteiger partial charge in [-0.2, -0.15) is 5.10 Å². The van der Waals surface area contributed by atoms with Crippen LogP contribution in [0.4, 0.5) is 11.6 Å². The number of nitrogens with one attached hydrogen (secondary N) is 2. The molecule has 0 aromatic carbocycles. The van der Waals surface area contributed by atoms with E-state index in [2.05, 4.69) is 20.8 Å². The summed E-state index contributed by atoms with van der Waals surface area (Å²) >= 11 is 0. The van der Waals surface area contributed by atoms with Crippen molar-refractivity contribution < 1.29 is 4.79 Å². The fraction of sp³-hybridized carbons (Fsp3) is 0.250. The topological polar surface area (TPSA) is 97.9 Å². The van der Waals surface area contributed by atoms with Gasteiger partial charge in [-0.25, -0.2) is 10.8 Å². The van der Waals surface area contributed by atoms with Gasteiger partial charge in [0.15, 0.2) is 5.82 Å². The lowest BCUT2D eigenvalue weighted by Crippen LogP contribution is -2.16. The molecule has 0 bridgehead atoms. The molecule has 0 atom stereocenters. The van der Waals surface area contributed by atoms with Crippen molar-refractivity contribution in [1.82, 2.24) is 14.8 Å². The van der Waals surface area contributed by atoms with Crippen LogP contribution in [0.25, 0.3) is 0 Å². The number of pyridine rings is 1. The second kappa shape index (κ2) is 5.49. The highest BCUT2D eigenvalue weighted by Gasteiger charge is 2.10. The molecule has 0 radical (unpaired) electrons. The summed E-state index contributed by atoms with van der Waals surface area (Å²) in [5.41, 5.74) is 3.74. The minimum Gasteiger partial charge on any atom is -0.308 e. The Labute approximate surface area is 110 Å². The molecule has 0 aliphatic heterocycles. The molecule has 2 heterocycles. The summed E-state index contributed by atoms with van der Waals surface area (Å²) in [4.78, 5) is 16.3. The molecular weight excluding hydrogens is 244 g/mol. The van der Waals surface area contributed by atoms with Crippen molar-refractivity contribution in [2.45, 2.75) is 13.3 Å². The Morgan fingerprint density at radius 2 is 2.21 bits per heavy atom. The summed E-state index contributed by atoms with van der Waals surface area (Å²) in [6, 6.07) is 5.05. The van der Waals surface area contributed by atoms with Gasteiger partial charge in [0.1, 0.15) is 5.82 Å². The van der Waals surface area contributed by atoms with Crippen LogP contribution in [0.3, 0.4) is 0 Å². The van der Waals surface area contributed by atoms with Crippen LogP contribution in [0.15, 0.2) is 24.4 Å². The Hall–Kier alpha value is -2.41. The predicted octanol–water partition coefficient (Wildman–Crippen LogP) is 0.915. The van der Waals surface area contributed by atoms with Crippen LogP contribution in [-0.4, -0.2) is 20.7 Å². The Bertz CT molecular complexity index is 569. The summed E-state index contributed by atoms with van der Waals surface area (Å²) in [5.74, 6) is 6.06. The number of rotatable bonds is 4. The zero-order chi connectivity index (χ0) is 13.8. The molecule has 1 amide bonds.